The fourth-order valence-corrected chi connectivity index (χ4v) is 3.07. The number of rotatable bonds is 4. The molecule has 2 rings (SSSR count). The van der Waals surface area contributed by atoms with Crippen molar-refractivity contribution in [3.8, 4) is 0 Å². The molecule has 2 aliphatic rings. The minimum absolute atomic E-state index is 0.220. The van der Waals surface area contributed by atoms with Crippen molar-refractivity contribution in [2.45, 2.75) is 44.2 Å². The molecule has 0 aromatic heterocycles. The molecule has 19 heavy (non-hydrogen) atoms. The summed E-state index contributed by atoms with van der Waals surface area (Å²) in [7, 11) is 0. The van der Waals surface area contributed by atoms with Gasteiger partial charge in [0.15, 0.2) is 0 Å². The van der Waals surface area contributed by atoms with E-state index >= 15 is 0 Å². The molecule has 0 aromatic rings. The van der Waals surface area contributed by atoms with Crippen LogP contribution in [0.15, 0.2) is 0 Å². The number of likely N-dealkylation sites (tertiary alicyclic amines) is 2. The molecular weight excluding hydrogens is 246 g/mol. The molecule has 1 amide bonds. The van der Waals surface area contributed by atoms with Crippen molar-refractivity contribution in [2.24, 2.45) is 5.73 Å². The topological polar surface area (TPSA) is 86.9 Å². The molecule has 0 aliphatic carbocycles. The lowest BCUT2D eigenvalue weighted by atomic mass is 10.0. The van der Waals surface area contributed by atoms with Gasteiger partial charge in [-0.05, 0) is 38.8 Å². The summed E-state index contributed by atoms with van der Waals surface area (Å²) in [5.74, 6) is -1.24. The molecule has 1 atom stereocenters. The van der Waals surface area contributed by atoms with Crippen LogP contribution in [0.25, 0.3) is 0 Å². The van der Waals surface area contributed by atoms with Crippen molar-refractivity contribution in [1.82, 2.24) is 9.80 Å². The van der Waals surface area contributed by atoms with Crippen LogP contribution in [0.3, 0.4) is 0 Å². The Bertz CT molecular complexity index is 334. The highest BCUT2D eigenvalue weighted by Crippen LogP contribution is 2.21. The lowest BCUT2D eigenvalue weighted by molar-refractivity contribution is -0.142. The van der Waals surface area contributed by atoms with Gasteiger partial charge in [0.05, 0.1) is 12.5 Å². The average Bonchev–Trinajstić information content (AvgIpc) is 2.91. The maximum absolute atomic E-state index is 12.0. The quantitative estimate of drug-likeness (QED) is 0.742. The van der Waals surface area contributed by atoms with E-state index in [-0.39, 0.29) is 12.3 Å². The number of piperidine rings is 1. The van der Waals surface area contributed by atoms with Crippen LogP contribution < -0.4 is 5.73 Å². The number of amides is 1. The van der Waals surface area contributed by atoms with Crippen LogP contribution in [0.5, 0.6) is 0 Å². The smallest absolute Gasteiger partial charge is 0.305 e. The van der Waals surface area contributed by atoms with Crippen molar-refractivity contribution in [3.63, 3.8) is 0 Å². The summed E-state index contributed by atoms with van der Waals surface area (Å²) in [4.78, 5) is 26.8. The highest BCUT2D eigenvalue weighted by atomic mass is 16.4. The van der Waals surface area contributed by atoms with Crippen LogP contribution in [-0.2, 0) is 9.59 Å². The number of nitrogens with zero attached hydrogens (tertiary/aromatic N) is 2. The molecule has 2 saturated heterocycles. The largest absolute Gasteiger partial charge is 0.481 e. The summed E-state index contributed by atoms with van der Waals surface area (Å²) in [6, 6.07) is -0.317. The molecule has 6 heteroatoms. The minimum Gasteiger partial charge on any atom is -0.481 e. The molecule has 0 saturated carbocycles. The summed E-state index contributed by atoms with van der Waals surface area (Å²) in [6.45, 7) is 3.76. The summed E-state index contributed by atoms with van der Waals surface area (Å²) >= 11 is 0. The summed E-state index contributed by atoms with van der Waals surface area (Å²) in [5.41, 5.74) is 5.62. The van der Waals surface area contributed by atoms with Crippen molar-refractivity contribution in [3.05, 3.63) is 0 Å². The molecule has 2 fully saturated rings. The third kappa shape index (κ3) is 3.67. The van der Waals surface area contributed by atoms with E-state index in [9.17, 15) is 9.59 Å². The van der Waals surface area contributed by atoms with Gasteiger partial charge in [0.2, 0.25) is 5.91 Å². The van der Waals surface area contributed by atoms with Gasteiger partial charge in [0, 0.05) is 19.1 Å². The molecular formula is C13H23N3O3. The standard InChI is InChI=1S/C13H23N3O3/c14-11(9-12(17)18)13(19)16-7-3-10(4-8-16)15-5-1-2-6-15/h10-11H,1-9,14H2,(H,17,18)/t11-/m0/s1. The maximum Gasteiger partial charge on any atom is 0.305 e. The first-order chi connectivity index (χ1) is 9.08. The highest BCUT2D eigenvalue weighted by Gasteiger charge is 2.30. The number of carbonyl (C=O) groups is 2. The fraction of sp³-hybridized carbons (Fsp3) is 0.846. The molecule has 108 valence electrons. The number of carbonyl (C=O) groups excluding carboxylic acids is 1. The Morgan fingerprint density at radius 1 is 1.16 bits per heavy atom. The third-order valence-corrected chi connectivity index (χ3v) is 4.14. The number of hydrogen-bond donors (Lipinski definition) is 2. The molecule has 0 aromatic carbocycles. The van der Waals surface area contributed by atoms with Gasteiger partial charge < -0.3 is 20.6 Å². The van der Waals surface area contributed by atoms with Gasteiger partial charge in [-0.2, -0.15) is 0 Å². The normalized spacial score (nSPS) is 23.5. The van der Waals surface area contributed by atoms with Crippen LogP contribution >= 0.6 is 0 Å². The Morgan fingerprint density at radius 3 is 2.26 bits per heavy atom. The Hall–Kier alpha value is -1.14. The summed E-state index contributed by atoms with van der Waals surface area (Å²) < 4.78 is 0. The van der Waals surface area contributed by atoms with Crippen LogP contribution in [0, 0.1) is 0 Å². The minimum atomic E-state index is -1.02. The number of aliphatic carboxylic acids is 1. The van der Waals surface area contributed by atoms with Gasteiger partial charge in [0.1, 0.15) is 0 Å². The van der Waals surface area contributed by atoms with Gasteiger partial charge in [-0.25, -0.2) is 0 Å². The van der Waals surface area contributed by atoms with Gasteiger partial charge in [-0.15, -0.1) is 0 Å². The van der Waals surface area contributed by atoms with E-state index in [0.717, 1.165) is 12.8 Å². The third-order valence-electron chi connectivity index (χ3n) is 4.14. The Labute approximate surface area is 113 Å². The van der Waals surface area contributed by atoms with Gasteiger partial charge in [0.25, 0.3) is 0 Å². The molecule has 0 radical (unpaired) electrons. The van der Waals surface area contributed by atoms with E-state index in [1.54, 1.807) is 4.90 Å². The van der Waals surface area contributed by atoms with E-state index < -0.39 is 12.0 Å². The second-order valence-corrected chi connectivity index (χ2v) is 5.50. The molecule has 6 nitrogen and oxygen atoms in total. The SMILES string of the molecule is N[C@@H](CC(=O)O)C(=O)N1CCC(N2CCCC2)CC1. The van der Waals surface area contributed by atoms with E-state index in [4.69, 9.17) is 10.8 Å². The van der Waals surface area contributed by atoms with E-state index in [0.29, 0.717) is 19.1 Å². The predicted octanol–water partition coefficient (Wildman–Crippen LogP) is -0.125. The average molecular weight is 269 g/mol. The summed E-state index contributed by atoms with van der Waals surface area (Å²) in [6.07, 6.45) is 4.23. The molecule has 2 aliphatic heterocycles. The van der Waals surface area contributed by atoms with Crippen LogP contribution in [-0.4, -0.2) is 65.0 Å². The Morgan fingerprint density at radius 2 is 1.74 bits per heavy atom. The van der Waals surface area contributed by atoms with Gasteiger partial charge in [-0.1, -0.05) is 0 Å². The zero-order chi connectivity index (χ0) is 13.8. The predicted molar refractivity (Wildman–Crippen MR) is 70.6 cm³/mol. The molecule has 0 unspecified atom stereocenters. The van der Waals surface area contributed by atoms with Gasteiger partial charge >= 0.3 is 5.97 Å². The Kier molecular flexibility index (Phi) is 4.76. The second-order valence-electron chi connectivity index (χ2n) is 5.50. The first kappa shape index (κ1) is 14.3. The zero-order valence-electron chi connectivity index (χ0n) is 11.3. The van der Waals surface area contributed by atoms with Crippen molar-refractivity contribution in [1.29, 1.82) is 0 Å². The molecule has 3 N–H and O–H groups in total. The molecule has 0 spiro atoms. The number of nitrogens with two attached hydrogens (primary N) is 1. The lowest BCUT2D eigenvalue weighted by Gasteiger charge is -2.37. The van der Waals surface area contributed by atoms with E-state index in [1.807, 2.05) is 0 Å². The fourth-order valence-electron chi connectivity index (χ4n) is 3.07. The number of carboxylic acids is 1. The van der Waals surface area contributed by atoms with Crippen LogP contribution in [0.2, 0.25) is 0 Å². The van der Waals surface area contributed by atoms with Gasteiger partial charge in [-0.3, -0.25) is 9.59 Å². The molecule has 0 bridgehead atoms. The maximum atomic E-state index is 12.0. The first-order valence-corrected chi connectivity index (χ1v) is 7.08. The number of carboxylic acid groups (broad SMARTS) is 1. The zero-order valence-corrected chi connectivity index (χ0v) is 11.3. The molecule has 2 heterocycles. The highest BCUT2D eigenvalue weighted by molar-refractivity contribution is 5.86. The first-order valence-electron chi connectivity index (χ1n) is 7.08. The van der Waals surface area contributed by atoms with E-state index in [2.05, 4.69) is 4.90 Å². The Balaban J connectivity index is 1.78. The van der Waals surface area contributed by atoms with Crippen LogP contribution in [0.4, 0.5) is 0 Å². The number of hydrogen-bond acceptors (Lipinski definition) is 4. The van der Waals surface area contributed by atoms with E-state index in [1.165, 1.54) is 25.9 Å². The monoisotopic (exact) mass is 269 g/mol. The van der Waals surface area contributed by atoms with Crippen molar-refractivity contribution in [2.75, 3.05) is 26.2 Å². The van der Waals surface area contributed by atoms with Crippen molar-refractivity contribution >= 4 is 11.9 Å². The second kappa shape index (κ2) is 6.34. The summed E-state index contributed by atoms with van der Waals surface area (Å²) in [5, 5.41) is 8.66. The van der Waals surface area contributed by atoms with Crippen molar-refractivity contribution < 1.29 is 14.7 Å². The lowest BCUT2D eigenvalue weighted by Crippen LogP contribution is -2.51. The van der Waals surface area contributed by atoms with Crippen LogP contribution in [0.1, 0.15) is 32.1 Å².